The van der Waals surface area contributed by atoms with E-state index in [0.717, 1.165) is 0 Å². The second-order valence-corrected chi connectivity index (χ2v) is 3.08. The molecule has 0 bridgehead atoms. The minimum absolute atomic E-state index is 0. The van der Waals surface area contributed by atoms with Gasteiger partial charge in [0.05, 0.1) is 0 Å². The molecule has 9 N–H and O–H groups in total. The summed E-state index contributed by atoms with van der Waals surface area (Å²) >= 11 is 0. The van der Waals surface area contributed by atoms with Crippen LogP contribution in [0.25, 0.3) is 0 Å². The van der Waals surface area contributed by atoms with E-state index >= 15 is 0 Å². The van der Waals surface area contributed by atoms with E-state index in [0.29, 0.717) is 0 Å². The van der Waals surface area contributed by atoms with E-state index in [2.05, 4.69) is 0 Å². The summed E-state index contributed by atoms with van der Waals surface area (Å²) < 4.78 is 17.8. The fourth-order valence-electron chi connectivity index (χ4n) is 0. The van der Waals surface area contributed by atoms with Gasteiger partial charge in [0.2, 0.25) is 0 Å². The van der Waals surface area contributed by atoms with Crippen molar-refractivity contribution in [2.45, 2.75) is 0 Å². The van der Waals surface area contributed by atoms with Crippen molar-refractivity contribution in [2.24, 2.45) is 0 Å². The zero-order chi connectivity index (χ0) is 9.00. The molecule has 0 amide bonds. The SMILES string of the molecule is N.O=P(O)(O)O.O=P(O)(O)O.[NaH].[NaH]. The average molecular weight is 261 g/mol. The van der Waals surface area contributed by atoms with Gasteiger partial charge < -0.3 is 35.5 Å². The Kier molecular flexibility index (Phi) is 27.8. The van der Waals surface area contributed by atoms with E-state index < -0.39 is 15.6 Å². The summed E-state index contributed by atoms with van der Waals surface area (Å²) in [6.07, 6.45) is 0. The van der Waals surface area contributed by atoms with Gasteiger partial charge in [0.25, 0.3) is 0 Å². The van der Waals surface area contributed by atoms with Gasteiger partial charge in [-0.3, -0.25) is 0 Å². The van der Waals surface area contributed by atoms with Gasteiger partial charge in [0.1, 0.15) is 0 Å². The molecule has 76 valence electrons. The Labute approximate surface area is 118 Å². The first-order valence-corrected chi connectivity index (χ1v) is 4.70. The number of hydrogen-bond acceptors (Lipinski definition) is 3. The van der Waals surface area contributed by atoms with Crippen LogP contribution in [0.2, 0.25) is 0 Å². The molecule has 0 aliphatic heterocycles. The van der Waals surface area contributed by atoms with Gasteiger partial charge in [-0.05, 0) is 0 Å². The monoisotopic (exact) mass is 261 g/mol. The number of rotatable bonds is 0. The Morgan fingerprint density at radius 1 is 0.615 bits per heavy atom. The van der Waals surface area contributed by atoms with Gasteiger partial charge in [0, 0.05) is 0 Å². The summed E-state index contributed by atoms with van der Waals surface area (Å²) in [6, 6.07) is 0. The summed E-state index contributed by atoms with van der Waals surface area (Å²) in [4.78, 5) is 43.1. The van der Waals surface area contributed by atoms with Crippen LogP contribution in [0, 0.1) is 0 Å². The maximum absolute atomic E-state index is 8.88. The Balaban J connectivity index is -0.0000000267. The van der Waals surface area contributed by atoms with Crippen LogP contribution >= 0.6 is 15.6 Å². The van der Waals surface area contributed by atoms with Gasteiger partial charge in [0.15, 0.2) is 0 Å². The third-order valence-electron chi connectivity index (χ3n) is 0. The average Bonchev–Trinajstić information content (AvgIpc) is 1.12. The molecule has 13 heteroatoms. The molecule has 9 nitrogen and oxygen atoms in total. The van der Waals surface area contributed by atoms with E-state index in [1.54, 1.807) is 0 Å². The van der Waals surface area contributed by atoms with Gasteiger partial charge in [-0.25, -0.2) is 9.13 Å². The van der Waals surface area contributed by atoms with Crippen LogP contribution < -0.4 is 6.15 Å². The molecule has 0 aromatic carbocycles. The summed E-state index contributed by atoms with van der Waals surface area (Å²) in [5.41, 5.74) is 0. The van der Waals surface area contributed by atoms with Crippen LogP contribution in [0.4, 0.5) is 0 Å². The molecule has 13 heavy (non-hydrogen) atoms. The van der Waals surface area contributed by atoms with Crippen LogP contribution in [0.3, 0.4) is 0 Å². The molecule has 0 aromatic rings. The minimum atomic E-state index is -4.64. The van der Waals surface area contributed by atoms with Crippen LogP contribution in [0.15, 0.2) is 0 Å². The Morgan fingerprint density at radius 3 is 0.615 bits per heavy atom. The first-order chi connectivity index (χ1) is 4.00. The molecule has 0 fully saturated rings. The molecule has 0 aromatic heterocycles. The third-order valence-corrected chi connectivity index (χ3v) is 0. The van der Waals surface area contributed by atoms with Crippen molar-refractivity contribution in [3.63, 3.8) is 0 Å². The van der Waals surface area contributed by atoms with E-state index in [-0.39, 0.29) is 65.3 Å². The zero-order valence-electron chi connectivity index (χ0n) is 5.10. The molecule has 0 rings (SSSR count). The molecule has 0 unspecified atom stereocenters. The summed E-state index contributed by atoms with van der Waals surface area (Å²) in [6.45, 7) is 0. The normalized spacial score (nSPS) is 9.08. The molecule has 0 aliphatic rings. The van der Waals surface area contributed by atoms with Crippen molar-refractivity contribution in [3.8, 4) is 0 Å². The zero-order valence-corrected chi connectivity index (χ0v) is 6.89. The fraction of sp³-hybridized carbons (Fsp3) is 0. The number of phosphoric acid groups is 2. The molecular formula is H11NNa2O8P2. The van der Waals surface area contributed by atoms with Crippen LogP contribution in [0.1, 0.15) is 0 Å². The summed E-state index contributed by atoms with van der Waals surface area (Å²) in [5, 5.41) is 0. The van der Waals surface area contributed by atoms with Crippen molar-refractivity contribution in [2.75, 3.05) is 0 Å². The van der Waals surface area contributed by atoms with Crippen molar-refractivity contribution in [1.82, 2.24) is 6.15 Å². The molecule has 0 heterocycles. The van der Waals surface area contributed by atoms with E-state index in [1.807, 2.05) is 0 Å². The second-order valence-electron chi connectivity index (χ2n) is 1.03. The molecule has 0 saturated heterocycles. The Bertz CT molecular complexity index is 132. The first kappa shape index (κ1) is 29.5. The van der Waals surface area contributed by atoms with Gasteiger partial charge >= 0.3 is 74.8 Å². The molecule has 0 radical (unpaired) electrons. The molecule has 0 atom stereocenters. The van der Waals surface area contributed by atoms with E-state index in [1.165, 1.54) is 0 Å². The first-order valence-electron chi connectivity index (χ1n) is 1.57. The standard InChI is InChI=1S/H3N.2Na.2H3O4P.2H/c;;;2*1-5(2,3)4;;/h1H3;;;2*(H3,1,2,3,4);;. The summed E-state index contributed by atoms with van der Waals surface area (Å²) in [7, 11) is -9.28. The predicted octanol–water partition coefficient (Wildman–Crippen LogP) is -2.99. The fourth-order valence-corrected chi connectivity index (χ4v) is 0. The van der Waals surface area contributed by atoms with Crippen molar-refractivity contribution >= 4 is 74.8 Å². The van der Waals surface area contributed by atoms with E-state index in [9.17, 15) is 0 Å². The quantitative estimate of drug-likeness (QED) is 0.176. The van der Waals surface area contributed by atoms with Gasteiger partial charge in [-0.15, -0.1) is 0 Å². The van der Waals surface area contributed by atoms with Crippen LogP contribution in [-0.4, -0.2) is 88.5 Å². The number of hydrogen-bond donors (Lipinski definition) is 7. The Hall–Kier alpha value is 2.18. The molecule has 0 aliphatic carbocycles. The van der Waals surface area contributed by atoms with Crippen LogP contribution in [0.5, 0.6) is 0 Å². The van der Waals surface area contributed by atoms with Crippen molar-refractivity contribution in [3.05, 3.63) is 0 Å². The van der Waals surface area contributed by atoms with Gasteiger partial charge in [-0.2, -0.15) is 0 Å². The summed E-state index contributed by atoms with van der Waals surface area (Å²) in [5.74, 6) is 0. The maximum atomic E-state index is 8.88. The Morgan fingerprint density at radius 2 is 0.615 bits per heavy atom. The molecule has 0 saturated carbocycles. The van der Waals surface area contributed by atoms with E-state index in [4.69, 9.17) is 38.5 Å². The molecule has 0 spiro atoms. The van der Waals surface area contributed by atoms with Crippen LogP contribution in [-0.2, 0) is 9.13 Å². The predicted molar refractivity (Wildman–Crippen MR) is 47.8 cm³/mol. The van der Waals surface area contributed by atoms with Crippen molar-refractivity contribution < 1.29 is 38.5 Å². The van der Waals surface area contributed by atoms with Crippen molar-refractivity contribution in [1.29, 1.82) is 0 Å². The third kappa shape index (κ3) is 443. The second kappa shape index (κ2) is 12.3. The van der Waals surface area contributed by atoms with Gasteiger partial charge in [-0.1, -0.05) is 0 Å². The molecular weight excluding hydrogens is 250 g/mol. The topological polar surface area (TPSA) is 191 Å².